The number of esters is 1. The fraction of sp³-hybridized carbons (Fsp3) is 0.300. The fourth-order valence-corrected chi connectivity index (χ4v) is 3.12. The molecule has 1 aliphatic rings. The third-order valence-electron chi connectivity index (χ3n) is 4.54. The molecule has 0 atom stereocenters. The molecular weight excluding hydrogens is 348 g/mol. The summed E-state index contributed by atoms with van der Waals surface area (Å²) < 4.78 is 7.18. The molecule has 140 valence electrons. The van der Waals surface area contributed by atoms with Crippen LogP contribution < -0.4 is 0 Å². The van der Waals surface area contributed by atoms with Gasteiger partial charge in [-0.15, -0.1) is 0 Å². The zero-order chi connectivity index (χ0) is 19.6. The van der Waals surface area contributed by atoms with Crippen molar-refractivity contribution in [3.63, 3.8) is 0 Å². The number of aromatic nitrogens is 1. The van der Waals surface area contributed by atoms with E-state index in [0.717, 1.165) is 30.3 Å². The van der Waals surface area contributed by atoms with Crippen molar-refractivity contribution in [2.75, 3.05) is 6.61 Å². The molecule has 27 heavy (non-hydrogen) atoms. The SMILES string of the molecule is Cc1cc(C(=O)COC(=O)/C=C/c2cccc([N+](=O)[O-])c2)c(C)n1C1CC1. The number of ketones is 1. The van der Waals surface area contributed by atoms with Gasteiger partial charge in [0.25, 0.3) is 5.69 Å². The second-order valence-corrected chi connectivity index (χ2v) is 6.60. The number of rotatable bonds is 7. The van der Waals surface area contributed by atoms with Crippen molar-refractivity contribution in [2.24, 2.45) is 0 Å². The average Bonchev–Trinajstić information content (AvgIpc) is 3.43. The van der Waals surface area contributed by atoms with Gasteiger partial charge in [-0.2, -0.15) is 0 Å². The highest BCUT2D eigenvalue weighted by Crippen LogP contribution is 2.38. The number of nitro groups is 1. The van der Waals surface area contributed by atoms with Gasteiger partial charge in [-0.05, 0) is 44.4 Å². The summed E-state index contributed by atoms with van der Waals surface area (Å²) in [5.41, 5.74) is 2.96. The third-order valence-corrected chi connectivity index (χ3v) is 4.54. The summed E-state index contributed by atoms with van der Waals surface area (Å²) in [5.74, 6) is -0.919. The topological polar surface area (TPSA) is 91.4 Å². The summed E-state index contributed by atoms with van der Waals surface area (Å²) in [6.45, 7) is 3.53. The summed E-state index contributed by atoms with van der Waals surface area (Å²) in [7, 11) is 0. The number of non-ortho nitro benzene ring substituents is 1. The first-order valence-electron chi connectivity index (χ1n) is 8.67. The van der Waals surface area contributed by atoms with Crippen LogP contribution in [0.15, 0.2) is 36.4 Å². The van der Waals surface area contributed by atoms with Gasteiger partial charge in [-0.1, -0.05) is 12.1 Å². The Morgan fingerprint density at radius 2 is 2.04 bits per heavy atom. The molecule has 0 aliphatic heterocycles. The van der Waals surface area contributed by atoms with Crippen molar-refractivity contribution in [2.45, 2.75) is 32.7 Å². The number of hydrogen-bond donors (Lipinski definition) is 0. The molecule has 1 aromatic carbocycles. The van der Waals surface area contributed by atoms with E-state index in [9.17, 15) is 19.7 Å². The zero-order valence-corrected chi connectivity index (χ0v) is 15.2. The summed E-state index contributed by atoms with van der Waals surface area (Å²) in [4.78, 5) is 34.5. The van der Waals surface area contributed by atoms with Crippen LogP contribution in [0, 0.1) is 24.0 Å². The van der Waals surface area contributed by atoms with Crippen molar-refractivity contribution in [1.82, 2.24) is 4.57 Å². The Balaban J connectivity index is 1.59. The molecule has 0 unspecified atom stereocenters. The first kappa shape index (κ1) is 18.6. The molecule has 1 fully saturated rings. The highest BCUT2D eigenvalue weighted by atomic mass is 16.6. The molecule has 0 amide bonds. The van der Waals surface area contributed by atoms with Crippen molar-refractivity contribution >= 4 is 23.5 Å². The minimum absolute atomic E-state index is 0.0632. The normalized spacial score (nSPS) is 13.7. The second kappa shape index (κ2) is 7.57. The van der Waals surface area contributed by atoms with Gasteiger partial charge in [0.15, 0.2) is 6.61 Å². The average molecular weight is 368 g/mol. The molecule has 0 spiro atoms. The van der Waals surface area contributed by atoms with Crippen LogP contribution >= 0.6 is 0 Å². The van der Waals surface area contributed by atoms with Crippen LogP contribution in [0.5, 0.6) is 0 Å². The Morgan fingerprint density at radius 3 is 2.70 bits per heavy atom. The minimum atomic E-state index is -0.675. The van der Waals surface area contributed by atoms with E-state index in [0.29, 0.717) is 17.2 Å². The van der Waals surface area contributed by atoms with Crippen LogP contribution in [0.4, 0.5) is 5.69 Å². The molecule has 7 nitrogen and oxygen atoms in total. The van der Waals surface area contributed by atoms with E-state index in [1.807, 2.05) is 19.9 Å². The Morgan fingerprint density at radius 1 is 1.30 bits per heavy atom. The van der Waals surface area contributed by atoms with E-state index in [2.05, 4.69) is 4.57 Å². The fourth-order valence-electron chi connectivity index (χ4n) is 3.12. The monoisotopic (exact) mass is 368 g/mol. The molecule has 1 aromatic heterocycles. The molecule has 3 rings (SSSR count). The molecular formula is C20H20N2O5. The van der Waals surface area contributed by atoms with Crippen molar-refractivity contribution in [3.05, 3.63) is 69.0 Å². The molecule has 0 N–H and O–H groups in total. The van der Waals surface area contributed by atoms with Gasteiger partial charge in [0.2, 0.25) is 5.78 Å². The quantitative estimate of drug-likeness (QED) is 0.244. The number of nitro benzene ring substituents is 1. The van der Waals surface area contributed by atoms with Crippen LogP contribution in [0.2, 0.25) is 0 Å². The van der Waals surface area contributed by atoms with Crippen molar-refractivity contribution in [1.29, 1.82) is 0 Å². The molecule has 2 aromatic rings. The number of hydrogen-bond acceptors (Lipinski definition) is 5. The van der Waals surface area contributed by atoms with E-state index in [-0.39, 0.29) is 18.1 Å². The molecule has 1 saturated carbocycles. The Labute approximate surface area is 156 Å². The van der Waals surface area contributed by atoms with Gasteiger partial charge < -0.3 is 9.30 Å². The Hall–Kier alpha value is -3.22. The maximum absolute atomic E-state index is 12.4. The smallest absolute Gasteiger partial charge is 0.331 e. The van der Waals surface area contributed by atoms with Crippen molar-refractivity contribution in [3.8, 4) is 0 Å². The minimum Gasteiger partial charge on any atom is -0.454 e. The first-order chi connectivity index (χ1) is 12.9. The maximum Gasteiger partial charge on any atom is 0.331 e. The maximum atomic E-state index is 12.4. The lowest BCUT2D eigenvalue weighted by Crippen LogP contribution is -2.13. The number of benzene rings is 1. The number of aryl methyl sites for hydroxylation is 1. The van der Waals surface area contributed by atoms with Crippen LogP contribution in [0.25, 0.3) is 6.08 Å². The Kier molecular flexibility index (Phi) is 5.21. The van der Waals surface area contributed by atoms with E-state index >= 15 is 0 Å². The van der Waals surface area contributed by atoms with Gasteiger partial charge in [0.05, 0.1) is 4.92 Å². The predicted molar refractivity (Wildman–Crippen MR) is 99.6 cm³/mol. The second-order valence-electron chi connectivity index (χ2n) is 6.60. The lowest BCUT2D eigenvalue weighted by Gasteiger charge is -2.07. The van der Waals surface area contributed by atoms with Crippen LogP contribution in [0.1, 0.15) is 46.2 Å². The number of carbonyl (C=O) groups excluding carboxylic acids is 2. The first-order valence-corrected chi connectivity index (χ1v) is 8.67. The summed E-state index contributed by atoms with van der Waals surface area (Å²) in [6, 6.07) is 8.19. The van der Waals surface area contributed by atoms with E-state index in [1.54, 1.807) is 6.07 Å². The van der Waals surface area contributed by atoms with E-state index in [1.165, 1.54) is 24.3 Å². The van der Waals surface area contributed by atoms with Crippen LogP contribution in [0.3, 0.4) is 0 Å². The van der Waals surface area contributed by atoms with Gasteiger partial charge in [0.1, 0.15) is 0 Å². The van der Waals surface area contributed by atoms with Gasteiger partial charge >= 0.3 is 5.97 Å². The molecule has 7 heteroatoms. The number of ether oxygens (including phenoxy) is 1. The van der Waals surface area contributed by atoms with Gasteiger partial charge in [-0.3, -0.25) is 14.9 Å². The van der Waals surface area contributed by atoms with Crippen LogP contribution in [-0.4, -0.2) is 27.8 Å². The summed E-state index contributed by atoms with van der Waals surface area (Å²) in [5, 5.41) is 10.8. The van der Waals surface area contributed by atoms with E-state index < -0.39 is 10.9 Å². The molecule has 1 heterocycles. The van der Waals surface area contributed by atoms with E-state index in [4.69, 9.17) is 4.74 Å². The lowest BCUT2D eigenvalue weighted by molar-refractivity contribution is -0.384. The third kappa shape index (κ3) is 4.31. The summed E-state index contributed by atoms with van der Waals surface area (Å²) in [6.07, 6.45) is 4.82. The highest BCUT2D eigenvalue weighted by molar-refractivity contribution is 6.00. The largest absolute Gasteiger partial charge is 0.454 e. The lowest BCUT2D eigenvalue weighted by atomic mass is 10.1. The predicted octanol–water partition coefficient (Wildman–Crippen LogP) is 3.79. The number of Topliss-reactive ketones (excluding diaryl/α,β-unsaturated/α-hetero) is 1. The highest BCUT2D eigenvalue weighted by Gasteiger charge is 2.28. The summed E-state index contributed by atoms with van der Waals surface area (Å²) >= 11 is 0. The number of nitrogens with zero attached hydrogens (tertiary/aromatic N) is 2. The zero-order valence-electron chi connectivity index (χ0n) is 15.2. The van der Waals surface area contributed by atoms with Gasteiger partial charge in [-0.25, -0.2) is 4.79 Å². The Bertz CT molecular complexity index is 938. The molecule has 1 aliphatic carbocycles. The number of carbonyl (C=O) groups is 2. The molecule has 0 bridgehead atoms. The van der Waals surface area contributed by atoms with Crippen LogP contribution in [-0.2, 0) is 9.53 Å². The molecule has 0 saturated heterocycles. The van der Waals surface area contributed by atoms with Crippen molar-refractivity contribution < 1.29 is 19.2 Å². The van der Waals surface area contributed by atoms with Gasteiger partial charge in [0, 0.05) is 41.2 Å². The molecule has 0 radical (unpaired) electrons. The standard InChI is InChI=1S/C20H20N2O5/c1-13-10-18(14(2)21(13)16-7-8-16)19(23)12-27-20(24)9-6-15-4-3-5-17(11-15)22(25)26/h3-6,9-11,16H,7-8,12H2,1-2H3/b9-6+.